The Kier molecular flexibility index (Phi) is 200. The van der Waals surface area contributed by atoms with Crippen molar-refractivity contribution < 1.29 is 110 Å². The normalized spacial score (nSPS) is 6.94. The molecule has 0 heterocycles. The molecule has 0 spiro atoms. The van der Waals surface area contributed by atoms with Gasteiger partial charge in [0.25, 0.3) is 0 Å². The molecule has 0 bridgehead atoms. The molecular formula is C9H22O3W3Y-2. The summed E-state index contributed by atoms with van der Waals surface area (Å²) in [5, 5.41) is 8.38. The minimum absolute atomic E-state index is 0. The average Bonchev–Trinajstić information content (AvgIpc) is 1.83. The summed E-state index contributed by atoms with van der Waals surface area (Å²) in [5.41, 5.74) is 0. The SMILES string of the molecule is [CH2-]OCC(CO)O[CH2-].[CH3-].[CH3-].[CH3-].[CH3-].[W+2].[W+2].[W].[Y]. The standard InChI is InChI=1S/C5H10O3.4CH3.3W.Y/c1-7-4-5(3-6)8-2;;;;;;;;/h5-6H,1-4H2;4*1H3;;;;/q-2;4*-1;;2*+2;. The third-order valence-electron chi connectivity index (χ3n) is 0.743. The summed E-state index contributed by atoms with van der Waals surface area (Å²) in [6.45, 7) is 0.193. The molecule has 3 nitrogen and oxygen atoms in total. The van der Waals surface area contributed by atoms with E-state index in [-0.39, 0.29) is 145 Å². The Hall–Kier alpha value is 3.05. The molecular weight excluding hydrogens is 797 g/mol. The number of aliphatic hydroxyl groups excluding tert-OH is 1. The van der Waals surface area contributed by atoms with Crippen LogP contribution in [0, 0.1) is 43.9 Å². The van der Waals surface area contributed by atoms with E-state index in [2.05, 4.69) is 23.7 Å². The van der Waals surface area contributed by atoms with E-state index < -0.39 is 0 Å². The maximum atomic E-state index is 8.38. The zero-order chi connectivity index (χ0) is 6.41. The largest absolute Gasteiger partial charge is 2.00 e. The van der Waals surface area contributed by atoms with Crippen LogP contribution in [-0.4, -0.2) is 24.4 Å². The van der Waals surface area contributed by atoms with Crippen LogP contribution in [0.15, 0.2) is 0 Å². The van der Waals surface area contributed by atoms with Gasteiger partial charge in [0.05, 0.1) is 12.7 Å². The van der Waals surface area contributed by atoms with E-state index >= 15 is 0 Å². The van der Waals surface area contributed by atoms with Crippen molar-refractivity contribution in [2.75, 3.05) is 13.2 Å². The molecule has 1 radical (unpaired) electrons. The molecule has 99 valence electrons. The second-order valence-electron chi connectivity index (χ2n) is 1.34. The van der Waals surface area contributed by atoms with Gasteiger partial charge in [0, 0.05) is 60.4 Å². The van der Waals surface area contributed by atoms with Crippen LogP contribution in [0.4, 0.5) is 0 Å². The third kappa shape index (κ3) is 43.5. The summed E-state index contributed by atoms with van der Waals surface area (Å²) in [4.78, 5) is 0. The van der Waals surface area contributed by atoms with Crippen LogP contribution in [0.3, 0.4) is 0 Å². The molecule has 0 aliphatic heterocycles. The second-order valence-corrected chi connectivity index (χ2v) is 1.34. The Bertz CT molecular complexity index is 61.3. The summed E-state index contributed by atoms with van der Waals surface area (Å²) < 4.78 is 8.89. The Morgan fingerprint density at radius 2 is 1.31 bits per heavy atom. The summed E-state index contributed by atoms with van der Waals surface area (Å²) in [6, 6.07) is 0. The number of hydrogen-bond donors (Lipinski definition) is 1. The van der Waals surface area contributed by atoms with E-state index in [1.54, 1.807) is 0 Å². The Morgan fingerprint density at radius 3 is 1.38 bits per heavy atom. The minimum atomic E-state index is -0.340. The first-order valence-corrected chi connectivity index (χ1v) is 2.23. The van der Waals surface area contributed by atoms with Crippen molar-refractivity contribution in [2.24, 2.45) is 0 Å². The van der Waals surface area contributed by atoms with Gasteiger partial charge in [0.1, 0.15) is 0 Å². The molecule has 0 saturated carbocycles. The fraction of sp³-hybridized carbons (Fsp3) is 0.333. The first-order chi connectivity index (χ1) is 3.85. The second kappa shape index (κ2) is 52.0. The molecule has 0 rings (SSSR count). The fourth-order valence-corrected chi connectivity index (χ4v) is 0.285. The Labute approximate surface area is 171 Å². The van der Waals surface area contributed by atoms with E-state index in [1.165, 1.54) is 0 Å². The van der Waals surface area contributed by atoms with Crippen molar-refractivity contribution in [3.05, 3.63) is 43.9 Å². The van der Waals surface area contributed by atoms with Crippen molar-refractivity contribution >= 4 is 0 Å². The van der Waals surface area contributed by atoms with Crippen LogP contribution in [0.1, 0.15) is 0 Å². The van der Waals surface area contributed by atoms with Gasteiger partial charge in [-0.2, -0.15) is 0 Å². The number of hydrogen-bond acceptors (Lipinski definition) is 3. The Morgan fingerprint density at radius 1 is 1.00 bits per heavy atom. The van der Waals surface area contributed by atoms with E-state index in [9.17, 15) is 0 Å². The van der Waals surface area contributed by atoms with Gasteiger partial charge in [0.15, 0.2) is 0 Å². The molecule has 1 N–H and O–H groups in total. The molecule has 0 aromatic rings. The van der Waals surface area contributed by atoms with Crippen molar-refractivity contribution in [3.8, 4) is 0 Å². The predicted molar refractivity (Wildman–Crippen MR) is 54.3 cm³/mol. The molecule has 7 heteroatoms. The first-order valence-electron chi connectivity index (χ1n) is 2.23. The number of aliphatic hydroxyl groups is 1. The molecule has 16 heavy (non-hydrogen) atoms. The summed E-state index contributed by atoms with van der Waals surface area (Å²) >= 11 is 0. The molecule has 0 saturated heterocycles. The smallest absolute Gasteiger partial charge is 0.553 e. The molecule has 0 fully saturated rings. The number of rotatable bonds is 4. The van der Waals surface area contributed by atoms with Crippen molar-refractivity contribution in [1.82, 2.24) is 0 Å². The van der Waals surface area contributed by atoms with Gasteiger partial charge in [0.2, 0.25) is 0 Å². The van der Waals surface area contributed by atoms with Gasteiger partial charge in [-0.25, -0.2) is 14.2 Å². The van der Waals surface area contributed by atoms with E-state index in [1.807, 2.05) is 0 Å². The topological polar surface area (TPSA) is 38.7 Å². The first kappa shape index (κ1) is 61.5. The van der Waals surface area contributed by atoms with Gasteiger partial charge in [-0.15, -0.1) is 0 Å². The van der Waals surface area contributed by atoms with Crippen LogP contribution in [0.5, 0.6) is 0 Å². The predicted octanol–water partition coefficient (Wildman–Crippen LogP) is 1.75. The van der Waals surface area contributed by atoms with Gasteiger partial charge in [-0.3, -0.25) is 0 Å². The van der Waals surface area contributed by atoms with Gasteiger partial charge >= 0.3 is 42.1 Å². The monoisotopic (exact) mass is 819 g/mol. The van der Waals surface area contributed by atoms with Crippen LogP contribution in [-0.2, 0) is 105 Å². The quantitative estimate of drug-likeness (QED) is 0.441. The van der Waals surface area contributed by atoms with Crippen LogP contribution in [0.2, 0.25) is 0 Å². The molecule has 0 aliphatic carbocycles. The van der Waals surface area contributed by atoms with Gasteiger partial charge < -0.3 is 44.3 Å². The van der Waals surface area contributed by atoms with E-state index in [0.717, 1.165) is 0 Å². The maximum Gasteiger partial charge on any atom is 2.00 e. The van der Waals surface area contributed by atoms with Crippen molar-refractivity contribution in [3.63, 3.8) is 0 Å². The van der Waals surface area contributed by atoms with Crippen LogP contribution >= 0.6 is 0 Å². The number of ether oxygens (including phenoxy) is 2. The van der Waals surface area contributed by atoms with Crippen LogP contribution < -0.4 is 0 Å². The minimum Gasteiger partial charge on any atom is -0.553 e. The van der Waals surface area contributed by atoms with Crippen molar-refractivity contribution in [1.29, 1.82) is 0 Å². The molecule has 0 aromatic heterocycles. The zero-order valence-corrected chi connectivity index (χ0v) is 22.1. The molecule has 1 atom stereocenters. The molecule has 0 aromatic carbocycles. The summed E-state index contributed by atoms with van der Waals surface area (Å²) in [6.07, 6.45) is -0.340. The fourth-order valence-electron chi connectivity index (χ4n) is 0.285. The van der Waals surface area contributed by atoms with E-state index in [4.69, 9.17) is 5.11 Å². The summed E-state index contributed by atoms with van der Waals surface area (Å²) in [5.74, 6) is 0. The zero-order valence-electron chi connectivity index (χ0n) is 10.5. The molecule has 1 unspecified atom stereocenters. The molecule has 0 amide bonds. The maximum absolute atomic E-state index is 8.38. The van der Waals surface area contributed by atoms with E-state index in [0.29, 0.717) is 0 Å². The Balaban J connectivity index is -0.00000000875. The van der Waals surface area contributed by atoms with Crippen LogP contribution in [0.25, 0.3) is 0 Å². The van der Waals surface area contributed by atoms with Crippen molar-refractivity contribution in [2.45, 2.75) is 6.10 Å². The average molecular weight is 819 g/mol. The summed E-state index contributed by atoms with van der Waals surface area (Å²) in [7, 11) is 6.21. The van der Waals surface area contributed by atoms with Gasteiger partial charge in [-0.05, 0) is 0 Å². The molecule has 0 aliphatic rings. The van der Waals surface area contributed by atoms with Gasteiger partial charge in [-0.1, -0.05) is 0 Å². The third-order valence-corrected chi connectivity index (χ3v) is 0.743.